The first-order valence-corrected chi connectivity index (χ1v) is 8.81. The first kappa shape index (κ1) is 21.1. The van der Waals surface area contributed by atoms with Gasteiger partial charge in [0.15, 0.2) is 6.10 Å². The first-order valence-electron chi connectivity index (χ1n) is 8.43. The number of benzene rings is 1. The molecule has 1 N–H and O–H groups in total. The number of likely N-dealkylation sites (tertiary alicyclic amines) is 1. The van der Waals surface area contributed by atoms with Crippen molar-refractivity contribution in [2.24, 2.45) is 5.92 Å². The standard InChI is InChI=1S/C18H27ClN2O2.ClH/c1-4-20-12-15-7-9-21(10-8-15)18(22)14(3)23-17-11-13(2)5-6-16(17)19;/h5-6,11,14-15,20H,4,7-10,12H2,1-3H3;1H. The van der Waals surface area contributed by atoms with Gasteiger partial charge in [0, 0.05) is 13.1 Å². The van der Waals surface area contributed by atoms with Gasteiger partial charge in [-0.05, 0) is 63.4 Å². The van der Waals surface area contributed by atoms with Gasteiger partial charge in [-0.3, -0.25) is 4.79 Å². The molecule has 1 amide bonds. The van der Waals surface area contributed by atoms with Gasteiger partial charge in [0.1, 0.15) is 5.75 Å². The fraction of sp³-hybridized carbons (Fsp3) is 0.611. The lowest BCUT2D eigenvalue weighted by Gasteiger charge is -2.33. The molecule has 6 heteroatoms. The maximum Gasteiger partial charge on any atom is 0.263 e. The van der Waals surface area contributed by atoms with Gasteiger partial charge in [-0.2, -0.15) is 0 Å². The molecule has 0 radical (unpaired) electrons. The summed E-state index contributed by atoms with van der Waals surface area (Å²) in [7, 11) is 0. The third-order valence-corrected chi connectivity index (χ3v) is 4.66. The van der Waals surface area contributed by atoms with Gasteiger partial charge in [-0.1, -0.05) is 24.6 Å². The Labute approximate surface area is 156 Å². The Morgan fingerprint density at radius 1 is 1.42 bits per heavy atom. The minimum atomic E-state index is -0.514. The zero-order valence-electron chi connectivity index (χ0n) is 14.7. The Bertz CT molecular complexity index is 532. The highest BCUT2D eigenvalue weighted by Crippen LogP contribution is 2.27. The van der Waals surface area contributed by atoms with Crippen molar-refractivity contribution in [3.63, 3.8) is 0 Å². The van der Waals surface area contributed by atoms with Crippen molar-refractivity contribution in [2.75, 3.05) is 26.2 Å². The van der Waals surface area contributed by atoms with E-state index >= 15 is 0 Å². The Hall–Kier alpha value is -0.970. The van der Waals surface area contributed by atoms with E-state index in [9.17, 15) is 4.79 Å². The molecule has 4 nitrogen and oxygen atoms in total. The van der Waals surface area contributed by atoms with Gasteiger partial charge < -0.3 is 15.0 Å². The zero-order chi connectivity index (χ0) is 16.8. The SMILES string of the molecule is CCNCC1CCN(C(=O)C(C)Oc2cc(C)ccc2Cl)CC1.Cl. The number of carbonyl (C=O) groups excluding carboxylic acids is 1. The molecule has 1 aliphatic rings. The second-order valence-corrected chi connectivity index (χ2v) is 6.68. The maximum atomic E-state index is 12.6. The highest BCUT2D eigenvalue weighted by Gasteiger charge is 2.27. The van der Waals surface area contributed by atoms with Crippen molar-refractivity contribution in [1.82, 2.24) is 10.2 Å². The van der Waals surface area contributed by atoms with Crippen LogP contribution in [-0.4, -0.2) is 43.1 Å². The van der Waals surface area contributed by atoms with E-state index in [-0.39, 0.29) is 18.3 Å². The van der Waals surface area contributed by atoms with Crippen LogP contribution in [0.4, 0.5) is 0 Å². The van der Waals surface area contributed by atoms with E-state index in [4.69, 9.17) is 16.3 Å². The minimum absolute atomic E-state index is 0. The number of hydrogen-bond acceptors (Lipinski definition) is 3. The predicted molar refractivity (Wildman–Crippen MR) is 101 cm³/mol. The van der Waals surface area contributed by atoms with Gasteiger partial charge in [-0.25, -0.2) is 0 Å². The van der Waals surface area contributed by atoms with Crippen LogP contribution in [0.5, 0.6) is 5.75 Å². The average Bonchev–Trinajstić information content (AvgIpc) is 2.56. The number of nitrogens with one attached hydrogen (secondary N) is 1. The number of piperidine rings is 1. The monoisotopic (exact) mass is 374 g/mol. The summed E-state index contributed by atoms with van der Waals surface area (Å²) in [6, 6.07) is 5.60. The average molecular weight is 375 g/mol. The highest BCUT2D eigenvalue weighted by molar-refractivity contribution is 6.32. The zero-order valence-corrected chi connectivity index (χ0v) is 16.3. The molecule has 1 heterocycles. The van der Waals surface area contributed by atoms with Crippen molar-refractivity contribution < 1.29 is 9.53 Å². The van der Waals surface area contributed by atoms with E-state index in [2.05, 4.69) is 12.2 Å². The molecule has 0 aromatic heterocycles. The molecule has 0 bridgehead atoms. The van der Waals surface area contributed by atoms with Gasteiger partial charge in [0.05, 0.1) is 5.02 Å². The van der Waals surface area contributed by atoms with Gasteiger partial charge in [0.25, 0.3) is 5.91 Å². The molecule has 1 saturated heterocycles. The maximum absolute atomic E-state index is 12.6. The molecule has 0 saturated carbocycles. The fourth-order valence-electron chi connectivity index (χ4n) is 2.90. The van der Waals surface area contributed by atoms with Crippen LogP contribution in [0.25, 0.3) is 0 Å². The van der Waals surface area contributed by atoms with Crippen molar-refractivity contribution in [3.05, 3.63) is 28.8 Å². The molecule has 1 atom stereocenters. The molecule has 0 spiro atoms. The highest BCUT2D eigenvalue weighted by atomic mass is 35.5. The Morgan fingerprint density at radius 3 is 2.71 bits per heavy atom. The lowest BCUT2D eigenvalue weighted by atomic mass is 9.96. The molecular weight excluding hydrogens is 347 g/mol. The molecule has 1 aliphatic heterocycles. The second-order valence-electron chi connectivity index (χ2n) is 6.27. The van der Waals surface area contributed by atoms with E-state index in [1.54, 1.807) is 13.0 Å². The van der Waals surface area contributed by atoms with Gasteiger partial charge in [0.2, 0.25) is 0 Å². The van der Waals surface area contributed by atoms with E-state index in [0.717, 1.165) is 44.6 Å². The fourth-order valence-corrected chi connectivity index (χ4v) is 3.07. The molecule has 136 valence electrons. The van der Waals surface area contributed by atoms with E-state index < -0.39 is 6.10 Å². The minimum Gasteiger partial charge on any atom is -0.479 e. The number of nitrogens with zero attached hydrogens (tertiary/aromatic N) is 1. The number of halogens is 2. The normalized spacial score (nSPS) is 16.4. The summed E-state index contributed by atoms with van der Waals surface area (Å²) in [6.45, 7) is 9.56. The quantitative estimate of drug-likeness (QED) is 0.825. The van der Waals surface area contributed by atoms with Crippen molar-refractivity contribution in [3.8, 4) is 5.75 Å². The number of aryl methyl sites for hydroxylation is 1. The van der Waals surface area contributed by atoms with Crippen LogP contribution >= 0.6 is 24.0 Å². The van der Waals surface area contributed by atoms with Gasteiger partial charge >= 0.3 is 0 Å². The molecule has 1 unspecified atom stereocenters. The van der Waals surface area contributed by atoms with Crippen LogP contribution in [0.15, 0.2) is 18.2 Å². The summed E-state index contributed by atoms with van der Waals surface area (Å²) in [5, 5.41) is 3.93. The number of hydrogen-bond donors (Lipinski definition) is 1. The van der Waals surface area contributed by atoms with Gasteiger partial charge in [-0.15, -0.1) is 12.4 Å². The molecule has 1 aromatic rings. The lowest BCUT2D eigenvalue weighted by Crippen LogP contribution is -2.45. The van der Waals surface area contributed by atoms with Crippen LogP contribution < -0.4 is 10.1 Å². The van der Waals surface area contributed by atoms with E-state index in [1.165, 1.54) is 0 Å². The van der Waals surface area contributed by atoms with Crippen LogP contribution in [-0.2, 0) is 4.79 Å². The molecule has 0 aliphatic carbocycles. The summed E-state index contributed by atoms with van der Waals surface area (Å²) in [5.74, 6) is 1.29. The van der Waals surface area contributed by atoms with E-state index in [0.29, 0.717) is 16.7 Å². The smallest absolute Gasteiger partial charge is 0.263 e. The molecule has 24 heavy (non-hydrogen) atoms. The summed E-state index contributed by atoms with van der Waals surface area (Å²) in [4.78, 5) is 14.5. The summed E-state index contributed by atoms with van der Waals surface area (Å²) < 4.78 is 5.80. The third-order valence-electron chi connectivity index (χ3n) is 4.35. The summed E-state index contributed by atoms with van der Waals surface area (Å²) in [5.41, 5.74) is 1.06. The topological polar surface area (TPSA) is 41.6 Å². The number of ether oxygens (including phenoxy) is 1. The third kappa shape index (κ3) is 5.83. The number of amides is 1. The number of rotatable bonds is 6. The predicted octanol–water partition coefficient (Wildman–Crippen LogP) is 3.69. The lowest BCUT2D eigenvalue weighted by molar-refractivity contribution is -0.139. The second kappa shape index (κ2) is 10.1. The van der Waals surface area contributed by atoms with Crippen molar-refractivity contribution >= 4 is 29.9 Å². The Morgan fingerprint density at radius 2 is 2.08 bits per heavy atom. The molecule has 2 rings (SSSR count). The number of carbonyl (C=O) groups is 1. The Kier molecular flexibility index (Phi) is 8.88. The van der Waals surface area contributed by atoms with E-state index in [1.807, 2.05) is 24.0 Å². The largest absolute Gasteiger partial charge is 0.479 e. The van der Waals surface area contributed by atoms with Crippen LogP contribution in [0.1, 0.15) is 32.3 Å². The molecule has 1 fully saturated rings. The summed E-state index contributed by atoms with van der Waals surface area (Å²) in [6.07, 6.45) is 1.59. The first-order chi connectivity index (χ1) is 11.0. The molecule has 1 aromatic carbocycles. The van der Waals surface area contributed by atoms with Crippen LogP contribution in [0, 0.1) is 12.8 Å². The van der Waals surface area contributed by atoms with Crippen LogP contribution in [0.3, 0.4) is 0 Å². The summed E-state index contributed by atoms with van der Waals surface area (Å²) >= 11 is 6.14. The molecular formula is C18H28Cl2N2O2. The Balaban J connectivity index is 0.00000288. The van der Waals surface area contributed by atoms with Crippen molar-refractivity contribution in [1.29, 1.82) is 0 Å². The van der Waals surface area contributed by atoms with Crippen LogP contribution in [0.2, 0.25) is 5.02 Å². The van der Waals surface area contributed by atoms with Crippen molar-refractivity contribution in [2.45, 2.75) is 39.7 Å².